The molecule has 8 nitrogen and oxygen atoms in total. The first kappa shape index (κ1) is 20.7. The summed E-state index contributed by atoms with van der Waals surface area (Å²) < 4.78 is 33.9. The molecule has 160 valence electrons. The summed E-state index contributed by atoms with van der Waals surface area (Å²) in [4.78, 5) is 23.2. The molecule has 1 fully saturated rings. The first-order valence-corrected chi connectivity index (χ1v) is 11.5. The van der Waals surface area contributed by atoms with Crippen LogP contribution in [-0.2, 0) is 21.2 Å². The van der Waals surface area contributed by atoms with Crippen molar-refractivity contribution in [3.8, 4) is 5.75 Å². The highest BCUT2D eigenvalue weighted by Crippen LogP contribution is 2.39. The smallest absolute Gasteiger partial charge is 0.247 e. The molecule has 2 aliphatic rings. The topological polar surface area (TPSA) is 92.7 Å². The van der Waals surface area contributed by atoms with Gasteiger partial charge in [0.25, 0.3) is 0 Å². The third-order valence-electron chi connectivity index (χ3n) is 5.90. The zero-order chi connectivity index (χ0) is 21.6. The Balaban J connectivity index is 1.77. The van der Waals surface area contributed by atoms with E-state index in [0.29, 0.717) is 49.6 Å². The lowest BCUT2D eigenvalue weighted by Gasteiger charge is -2.28. The number of ether oxygens (including phenoxy) is 1. The summed E-state index contributed by atoms with van der Waals surface area (Å²) in [5.74, 6) is 1.36. The highest BCUT2D eigenvalue weighted by molar-refractivity contribution is 7.89. The zero-order valence-electron chi connectivity index (χ0n) is 17.7. The van der Waals surface area contributed by atoms with E-state index in [-0.39, 0.29) is 10.8 Å². The molecule has 0 spiro atoms. The van der Waals surface area contributed by atoms with Crippen molar-refractivity contribution in [1.82, 2.24) is 14.3 Å². The normalized spacial score (nSPS) is 19.8. The number of anilines is 1. The average Bonchev–Trinajstić information content (AvgIpc) is 3.21. The predicted molar refractivity (Wildman–Crippen MR) is 112 cm³/mol. The number of rotatable bonds is 4. The SMILES string of the molecule is COc1ccc(C)cc1S(=O)(=O)N1CCCC1c1nc(C)c2c(n1)N(C)C(=O)CC2. The third-order valence-corrected chi connectivity index (χ3v) is 7.83. The van der Waals surface area contributed by atoms with Gasteiger partial charge in [0.15, 0.2) is 0 Å². The number of nitrogens with zero attached hydrogens (tertiary/aromatic N) is 4. The molecule has 0 saturated carbocycles. The average molecular weight is 431 g/mol. The van der Waals surface area contributed by atoms with Gasteiger partial charge in [-0.2, -0.15) is 4.31 Å². The van der Waals surface area contributed by atoms with E-state index in [0.717, 1.165) is 16.8 Å². The molecule has 1 aromatic heterocycles. The van der Waals surface area contributed by atoms with Gasteiger partial charge in [-0.05, 0) is 50.8 Å². The monoisotopic (exact) mass is 430 g/mol. The molecule has 0 bridgehead atoms. The van der Waals surface area contributed by atoms with E-state index in [1.807, 2.05) is 19.9 Å². The number of carbonyl (C=O) groups is 1. The van der Waals surface area contributed by atoms with Gasteiger partial charge < -0.3 is 4.74 Å². The Labute approximate surface area is 176 Å². The molecule has 1 amide bonds. The second-order valence-electron chi connectivity index (χ2n) is 7.85. The molecule has 4 rings (SSSR count). The van der Waals surface area contributed by atoms with E-state index >= 15 is 0 Å². The lowest BCUT2D eigenvalue weighted by atomic mass is 10.0. The summed E-state index contributed by atoms with van der Waals surface area (Å²) >= 11 is 0. The van der Waals surface area contributed by atoms with E-state index in [2.05, 4.69) is 9.97 Å². The van der Waals surface area contributed by atoms with Gasteiger partial charge in [0.05, 0.1) is 13.2 Å². The van der Waals surface area contributed by atoms with Crippen molar-refractivity contribution in [3.63, 3.8) is 0 Å². The molecule has 0 radical (unpaired) electrons. The van der Waals surface area contributed by atoms with Crippen LogP contribution in [0.25, 0.3) is 0 Å². The number of carbonyl (C=O) groups excluding carboxylic acids is 1. The first-order chi connectivity index (χ1) is 14.2. The molecule has 1 saturated heterocycles. The molecule has 9 heteroatoms. The fraction of sp³-hybridized carbons (Fsp3) is 0.476. The molecule has 3 heterocycles. The Hall–Kier alpha value is -2.52. The summed E-state index contributed by atoms with van der Waals surface area (Å²) in [6, 6.07) is 4.65. The molecule has 1 unspecified atom stereocenters. The Morgan fingerprint density at radius 1 is 1.17 bits per heavy atom. The number of fused-ring (bicyclic) bond motifs is 1. The number of benzene rings is 1. The van der Waals surface area contributed by atoms with Crippen LogP contribution >= 0.6 is 0 Å². The second-order valence-corrected chi connectivity index (χ2v) is 9.71. The second kappa shape index (κ2) is 7.63. The lowest BCUT2D eigenvalue weighted by molar-refractivity contribution is -0.118. The first-order valence-electron chi connectivity index (χ1n) is 10.0. The van der Waals surface area contributed by atoms with Gasteiger partial charge in [0.2, 0.25) is 15.9 Å². The summed E-state index contributed by atoms with van der Waals surface area (Å²) in [6.07, 6.45) is 2.39. The molecule has 0 aliphatic carbocycles. The minimum absolute atomic E-state index is 0.00643. The van der Waals surface area contributed by atoms with Crippen molar-refractivity contribution in [2.75, 3.05) is 25.6 Å². The number of sulfonamides is 1. The van der Waals surface area contributed by atoms with Crippen molar-refractivity contribution in [2.24, 2.45) is 0 Å². The van der Waals surface area contributed by atoms with Crippen LogP contribution in [0.4, 0.5) is 5.82 Å². The summed E-state index contributed by atoms with van der Waals surface area (Å²) in [6.45, 7) is 4.13. The van der Waals surface area contributed by atoms with Crippen molar-refractivity contribution >= 4 is 21.7 Å². The minimum atomic E-state index is -3.81. The quantitative estimate of drug-likeness (QED) is 0.740. The fourth-order valence-corrected chi connectivity index (χ4v) is 6.13. The zero-order valence-corrected chi connectivity index (χ0v) is 18.5. The number of aromatic nitrogens is 2. The molecule has 1 aromatic carbocycles. The Kier molecular flexibility index (Phi) is 5.27. The fourth-order valence-electron chi connectivity index (χ4n) is 4.24. The maximum Gasteiger partial charge on any atom is 0.247 e. The number of amides is 1. The van der Waals surface area contributed by atoms with Gasteiger partial charge in [0, 0.05) is 31.3 Å². The van der Waals surface area contributed by atoms with E-state index in [4.69, 9.17) is 4.74 Å². The van der Waals surface area contributed by atoms with Crippen molar-refractivity contribution in [1.29, 1.82) is 0 Å². The molecular weight excluding hydrogens is 404 g/mol. The van der Waals surface area contributed by atoms with Crippen LogP contribution in [-0.4, -0.2) is 49.3 Å². The van der Waals surface area contributed by atoms with E-state index in [9.17, 15) is 13.2 Å². The molecule has 0 N–H and O–H groups in total. The largest absolute Gasteiger partial charge is 0.495 e. The van der Waals surface area contributed by atoms with Crippen LogP contribution in [0.1, 0.15) is 47.9 Å². The van der Waals surface area contributed by atoms with Gasteiger partial charge >= 0.3 is 0 Å². The molecular formula is C21H26N4O4S. The van der Waals surface area contributed by atoms with E-state index < -0.39 is 16.1 Å². The maximum atomic E-state index is 13.6. The summed E-state index contributed by atoms with van der Waals surface area (Å²) in [7, 11) is -0.640. The van der Waals surface area contributed by atoms with Crippen LogP contribution < -0.4 is 9.64 Å². The van der Waals surface area contributed by atoms with Gasteiger partial charge in [-0.3, -0.25) is 9.69 Å². The molecule has 2 aromatic rings. The highest BCUT2D eigenvalue weighted by Gasteiger charge is 2.40. The molecule has 2 aliphatic heterocycles. The Morgan fingerprint density at radius 2 is 1.93 bits per heavy atom. The maximum absolute atomic E-state index is 13.6. The van der Waals surface area contributed by atoms with Crippen molar-refractivity contribution in [3.05, 3.63) is 40.8 Å². The van der Waals surface area contributed by atoms with E-state index in [1.165, 1.54) is 11.4 Å². The van der Waals surface area contributed by atoms with E-state index in [1.54, 1.807) is 24.1 Å². The Bertz CT molecular complexity index is 1120. The Morgan fingerprint density at radius 3 is 2.67 bits per heavy atom. The van der Waals surface area contributed by atoms with Gasteiger partial charge in [-0.1, -0.05) is 6.07 Å². The van der Waals surface area contributed by atoms with Gasteiger partial charge in [-0.15, -0.1) is 0 Å². The lowest BCUT2D eigenvalue weighted by Crippen LogP contribution is -2.35. The van der Waals surface area contributed by atoms with Gasteiger partial charge in [-0.25, -0.2) is 18.4 Å². The standard InChI is InChI=1S/C21H26N4O4S/c1-13-7-9-17(29-4)18(12-13)30(27,28)25-11-5-6-16(25)20-22-14(2)15-8-10-19(26)24(3)21(15)23-20/h7,9,12,16H,5-6,8,10-11H2,1-4H3. The van der Waals surface area contributed by atoms with Crippen LogP contribution in [0.2, 0.25) is 0 Å². The number of hydrogen-bond acceptors (Lipinski definition) is 6. The van der Waals surface area contributed by atoms with Gasteiger partial charge in [0.1, 0.15) is 22.3 Å². The number of hydrogen-bond donors (Lipinski definition) is 0. The van der Waals surface area contributed by atoms with Crippen LogP contribution in [0, 0.1) is 13.8 Å². The summed E-state index contributed by atoms with van der Waals surface area (Å²) in [5, 5.41) is 0. The van der Waals surface area contributed by atoms with Crippen LogP contribution in [0.15, 0.2) is 23.1 Å². The number of methoxy groups -OCH3 is 1. The van der Waals surface area contributed by atoms with Crippen molar-refractivity contribution in [2.45, 2.75) is 50.5 Å². The highest BCUT2D eigenvalue weighted by atomic mass is 32.2. The number of aryl methyl sites for hydroxylation is 2. The van der Waals surface area contributed by atoms with Crippen molar-refractivity contribution < 1.29 is 17.9 Å². The predicted octanol–water partition coefficient (Wildman–Crippen LogP) is 2.54. The summed E-state index contributed by atoms with van der Waals surface area (Å²) in [5.41, 5.74) is 2.59. The van der Waals surface area contributed by atoms with Crippen LogP contribution in [0.3, 0.4) is 0 Å². The molecule has 1 atom stereocenters. The molecule has 30 heavy (non-hydrogen) atoms. The third kappa shape index (κ3) is 3.35. The van der Waals surface area contributed by atoms with Crippen LogP contribution in [0.5, 0.6) is 5.75 Å². The minimum Gasteiger partial charge on any atom is -0.495 e.